The van der Waals surface area contributed by atoms with Crippen molar-refractivity contribution in [1.29, 1.82) is 0 Å². The van der Waals surface area contributed by atoms with Crippen LogP contribution in [-0.2, 0) is 28.6 Å². The Morgan fingerprint density at radius 3 is 1.95 bits per heavy atom. The van der Waals surface area contributed by atoms with Gasteiger partial charge < -0.3 is 14.2 Å². The summed E-state index contributed by atoms with van der Waals surface area (Å²) in [5, 5.41) is 0. The maximum Gasteiger partial charge on any atom is 0.330 e. The lowest BCUT2D eigenvalue weighted by Gasteiger charge is -2.00. The minimum atomic E-state index is -0.471. The zero-order chi connectivity index (χ0) is 15.2. The smallest absolute Gasteiger partial charge is 0.330 e. The van der Waals surface area contributed by atoms with Crippen molar-refractivity contribution < 1.29 is 28.6 Å². The second-order valence-electron chi connectivity index (χ2n) is 3.53. The van der Waals surface area contributed by atoms with E-state index in [2.05, 4.69) is 9.47 Å². The monoisotopic (exact) mass is 284 g/mol. The number of hydrogen-bond donors (Lipinski definition) is 0. The van der Waals surface area contributed by atoms with Crippen LogP contribution in [0.15, 0.2) is 24.3 Å². The lowest BCUT2D eigenvalue weighted by Crippen LogP contribution is -2.05. The first-order chi connectivity index (χ1) is 9.60. The van der Waals surface area contributed by atoms with Crippen molar-refractivity contribution in [3.8, 4) is 0 Å². The van der Waals surface area contributed by atoms with Crippen molar-refractivity contribution in [2.75, 3.05) is 19.8 Å². The van der Waals surface area contributed by atoms with Crippen molar-refractivity contribution in [3.63, 3.8) is 0 Å². The van der Waals surface area contributed by atoms with Gasteiger partial charge in [-0.25, -0.2) is 9.59 Å². The van der Waals surface area contributed by atoms with Crippen LogP contribution in [0.4, 0.5) is 0 Å². The Kier molecular flexibility index (Phi) is 10.7. The fraction of sp³-hybridized carbons (Fsp3) is 0.500. The van der Waals surface area contributed by atoms with E-state index in [1.54, 1.807) is 19.9 Å². The van der Waals surface area contributed by atoms with Gasteiger partial charge in [0.2, 0.25) is 0 Å². The third-order valence-corrected chi connectivity index (χ3v) is 1.94. The summed E-state index contributed by atoms with van der Waals surface area (Å²) >= 11 is 0. The number of hydrogen-bond acceptors (Lipinski definition) is 6. The Morgan fingerprint density at radius 1 is 0.850 bits per heavy atom. The SMILES string of the molecule is CCOC(=O)/C=C/CCC(=O)OC/C=C/C(=O)OCC. The highest BCUT2D eigenvalue weighted by molar-refractivity contribution is 5.82. The minimum Gasteiger partial charge on any atom is -0.463 e. The fourth-order valence-electron chi connectivity index (χ4n) is 1.12. The summed E-state index contributed by atoms with van der Waals surface area (Å²) in [6.45, 7) is 4.05. The van der Waals surface area contributed by atoms with Gasteiger partial charge in [-0.15, -0.1) is 0 Å². The average molecular weight is 284 g/mol. The third kappa shape index (κ3) is 11.0. The molecule has 20 heavy (non-hydrogen) atoms. The number of ether oxygens (including phenoxy) is 3. The Balaban J connectivity index is 3.69. The van der Waals surface area contributed by atoms with Crippen LogP contribution in [0.25, 0.3) is 0 Å². The van der Waals surface area contributed by atoms with Crippen LogP contribution in [0.1, 0.15) is 26.7 Å². The highest BCUT2D eigenvalue weighted by atomic mass is 16.5. The predicted molar refractivity (Wildman–Crippen MR) is 71.7 cm³/mol. The van der Waals surface area contributed by atoms with E-state index in [0.717, 1.165) is 0 Å². The highest BCUT2D eigenvalue weighted by Crippen LogP contribution is 1.96. The van der Waals surface area contributed by atoms with Crippen LogP contribution in [-0.4, -0.2) is 37.7 Å². The molecule has 0 aliphatic heterocycles. The molecule has 0 N–H and O–H groups in total. The average Bonchev–Trinajstić information content (AvgIpc) is 2.40. The zero-order valence-corrected chi connectivity index (χ0v) is 11.8. The van der Waals surface area contributed by atoms with Crippen molar-refractivity contribution in [2.45, 2.75) is 26.7 Å². The molecule has 6 heteroatoms. The van der Waals surface area contributed by atoms with E-state index in [1.165, 1.54) is 18.2 Å². The van der Waals surface area contributed by atoms with E-state index >= 15 is 0 Å². The molecule has 0 fully saturated rings. The van der Waals surface area contributed by atoms with Gasteiger partial charge in [-0.3, -0.25) is 4.79 Å². The van der Waals surface area contributed by atoms with Gasteiger partial charge in [0.25, 0.3) is 0 Å². The van der Waals surface area contributed by atoms with Crippen LogP contribution in [0, 0.1) is 0 Å². The van der Waals surface area contributed by atoms with Crippen LogP contribution in [0.2, 0.25) is 0 Å². The molecule has 0 heterocycles. The third-order valence-electron chi connectivity index (χ3n) is 1.94. The Bertz CT molecular complexity index is 336. The Morgan fingerprint density at radius 2 is 1.40 bits per heavy atom. The quantitative estimate of drug-likeness (QED) is 0.363. The molecule has 112 valence electrons. The van der Waals surface area contributed by atoms with E-state index in [9.17, 15) is 14.4 Å². The number of carbonyl (C=O) groups is 3. The number of esters is 3. The van der Waals surface area contributed by atoms with Gasteiger partial charge in [0.15, 0.2) is 0 Å². The summed E-state index contributed by atoms with van der Waals surface area (Å²) in [7, 11) is 0. The van der Waals surface area contributed by atoms with Gasteiger partial charge in [0.1, 0.15) is 6.61 Å². The van der Waals surface area contributed by atoms with E-state index in [1.807, 2.05) is 0 Å². The standard InChI is InChI=1S/C14H20O6/c1-3-18-12(15)8-5-6-9-14(17)20-11-7-10-13(16)19-4-2/h5,7-8,10H,3-4,6,9,11H2,1-2H3/b8-5+,10-7+. The van der Waals surface area contributed by atoms with Crippen molar-refractivity contribution in [1.82, 2.24) is 0 Å². The molecule has 0 aromatic carbocycles. The number of carbonyl (C=O) groups excluding carboxylic acids is 3. The number of rotatable bonds is 9. The molecule has 0 saturated heterocycles. The molecule has 0 aliphatic rings. The fourth-order valence-corrected chi connectivity index (χ4v) is 1.12. The second kappa shape index (κ2) is 12.0. The molecule has 0 rings (SSSR count). The Hall–Kier alpha value is -2.11. The topological polar surface area (TPSA) is 78.9 Å². The molecule has 0 saturated carbocycles. The summed E-state index contributed by atoms with van der Waals surface area (Å²) in [5.41, 5.74) is 0. The van der Waals surface area contributed by atoms with E-state index < -0.39 is 17.9 Å². The van der Waals surface area contributed by atoms with Gasteiger partial charge in [-0.2, -0.15) is 0 Å². The van der Waals surface area contributed by atoms with Gasteiger partial charge in [-0.05, 0) is 26.3 Å². The molecule has 0 unspecified atom stereocenters. The molecule has 6 nitrogen and oxygen atoms in total. The highest BCUT2D eigenvalue weighted by Gasteiger charge is 2.00. The van der Waals surface area contributed by atoms with Gasteiger partial charge in [0, 0.05) is 18.6 Å². The van der Waals surface area contributed by atoms with Gasteiger partial charge >= 0.3 is 17.9 Å². The minimum absolute atomic E-state index is 0.0131. The van der Waals surface area contributed by atoms with Gasteiger partial charge in [-0.1, -0.05) is 6.08 Å². The largest absolute Gasteiger partial charge is 0.463 e. The van der Waals surface area contributed by atoms with Crippen LogP contribution >= 0.6 is 0 Å². The lowest BCUT2D eigenvalue weighted by atomic mass is 10.3. The van der Waals surface area contributed by atoms with E-state index in [0.29, 0.717) is 19.6 Å². The van der Waals surface area contributed by atoms with Crippen molar-refractivity contribution in [3.05, 3.63) is 24.3 Å². The molecule has 0 radical (unpaired) electrons. The molecule has 0 aliphatic carbocycles. The summed E-state index contributed by atoms with van der Waals surface area (Å²) < 4.78 is 14.2. The summed E-state index contributed by atoms with van der Waals surface area (Å²) in [6, 6.07) is 0. The lowest BCUT2D eigenvalue weighted by molar-refractivity contribution is -0.143. The van der Waals surface area contributed by atoms with Crippen molar-refractivity contribution >= 4 is 17.9 Å². The number of allylic oxidation sites excluding steroid dienone is 1. The van der Waals surface area contributed by atoms with Gasteiger partial charge in [0.05, 0.1) is 13.2 Å². The van der Waals surface area contributed by atoms with Crippen LogP contribution in [0.3, 0.4) is 0 Å². The maximum atomic E-state index is 11.3. The van der Waals surface area contributed by atoms with Crippen LogP contribution in [0.5, 0.6) is 0 Å². The van der Waals surface area contributed by atoms with E-state index in [-0.39, 0.29) is 13.0 Å². The normalized spacial score (nSPS) is 10.7. The summed E-state index contributed by atoms with van der Waals surface area (Å²) in [5.74, 6) is -1.31. The molecule has 0 atom stereocenters. The Labute approximate surface area is 118 Å². The summed E-state index contributed by atoms with van der Waals surface area (Å²) in [4.78, 5) is 33.1. The summed E-state index contributed by atoms with van der Waals surface area (Å²) in [6.07, 6.45) is 5.98. The van der Waals surface area contributed by atoms with Crippen molar-refractivity contribution in [2.24, 2.45) is 0 Å². The first-order valence-corrected chi connectivity index (χ1v) is 6.42. The second-order valence-corrected chi connectivity index (χ2v) is 3.53. The molecular weight excluding hydrogens is 264 g/mol. The first-order valence-electron chi connectivity index (χ1n) is 6.42. The predicted octanol–water partition coefficient (Wildman–Crippen LogP) is 1.55. The van der Waals surface area contributed by atoms with Crippen LogP contribution < -0.4 is 0 Å². The molecule has 0 spiro atoms. The molecule has 0 aromatic heterocycles. The molecule has 0 amide bonds. The molecule has 0 bridgehead atoms. The maximum absolute atomic E-state index is 11.3. The molecule has 0 aromatic rings. The molecular formula is C14H20O6. The zero-order valence-electron chi connectivity index (χ0n) is 11.8. The van der Waals surface area contributed by atoms with E-state index in [4.69, 9.17) is 4.74 Å². The first kappa shape index (κ1) is 17.9.